The van der Waals surface area contributed by atoms with Crippen LogP contribution in [0.5, 0.6) is 5.75 Å². The van der Waals surface area contributed by atoms with Gasteiger partial charge < -0.3 is 15.2 Å². The lowest BCUT2D eigenvalue weighted by Crippen LogP contribution is -2.24. The fourth-order valence-corrected chi connectivity index (χ4v) is 1.95. The Bertz CT molecular complexity index is 502. The highest BCUT2D eigenvalue weighted by atomic mass is 19.4. The molecule has 0 aliphatic carbocycles. The van der Waals surface area contributed by atoms with Crippen LogP contribution in [0.3, 0.4) is 0 Å². The van der Waals surface area contributed by atoms with Gasteiger partial charge in [0.05, 0.1) is 18.2 Å². The van der Waals surface area contributed by atoms with Gasteiger partial charge in [0, 0.05) is 6.42 Å². The summed E-state index contributed by atoms with van der Waals surface area (Å²) in [6.07, 6.45) is -7.09. The summed E-state index contributed by atoms with van der Waals surface area (Å²) in [4.78, 5) is 11.7. The van der Waals surface area contributed by atoms with Crippen molar-refractivity contribution in [1.82, 2.24) is 5.32 Å². The minimum atomic E-state index is -4.31. The second-order valence-corrected chi connectivity index (χ2v) is 4.53. The molecule has 1 aliphatic heterocycles. The van der Waals surface area contributed by atoms with Crippen LogP contribution in [0.2, 0.25) is 0 Å². The van der Waals surface area contributed by atoms with E-state index in [1.165, 1.54) is 18.2 Å². The highest BCUT2D eigenvalue weighted by molar-refractivity contribution is 5.97. The molecular formula is C13H14F3NO3. The van der Waals surface area contributed by atoms with Crippen molar-refractivity contribution < 1.29 is 27.8 Å². The highest BCUT2D eigenvalue weighted by Crippen LogP contribution is 2.30. The van der Waals surface area contributed by atoms with Crippen molar-refractivity contribution in [2.24, 2.45) is 0 Å². The summed E-state index contributed by atoms with van der Waals surface area (Å²) in [5.41, 5.74) is 0.500. The van der Waals surface area contributed by atoms with Gasteiger partial charge in [0.1, 0.15) is 12.4 Å². The first kappa shape index (κ1) is 14.6. The molecule has 4 nitrogen and oxygen atoms in total. The molecule has 0 aromatic heterocycles. The van der Waals surface area contributed by atoms with Crippen LogP contribution in [0.15, 0.2) is 18.2 Å². The summed E-state index contributed by atoms with van der Waals surface area (Å²) in [6, 6.07) is 4.34. The number of rotatable bonds is 3. The van der Waals surface area contributed by atoms with E-state index in [1.54, 1.807) is 0 Å². The molecule has 0 radical (unpaired) electrons. The Labute approximate surface area is 113 Å². The summed E-state index contributed by atoms with van der Waals surface area (Å²) >= 11 is 0. The van der Waals surface area contributed by atoms with Gasteiger partial charge in [-0.25, -0.2) is 0 Å². The van der Waals surface area contributed by atoms with Gasteiger partial charge in [-0.2, -0.15) is 13.2 Å². The molecular weight excluding hydrogens is 275 g/mol. The van der Waals surface area contributed by atoms with E-state index in [0.29, 0.717) is 18.9 Å². The molecule has 1 atom stereocenters. The largest absolute Gasteiger partial charge is 0.491 e. The Hall–Kier alpha value is -1.76. The number of hydrogen-bond acceptors (Lipinski definition) is 3. The van der Waals surface area contributed by atoms with E-state index in [0.717, 1.165) is 0 Å². The van der Waals surface area contributed by atoms with Gasteiger partial charge in [0.2, 0.25) is 0 Å². The molecule has 1 unspecified atom stereocenters. The third kappa shape index (κ3) is 3.63. The van der Waals surface area contributed by atoms with Gasteiger partial charge in [0.15, 0.2) is 0 Å². The lowest BCUT2D eigenvalue weighted by Gasteiger charge is -2.14. The molecule has 2 N–H and O–H groups in total. The van der Waals surface area contributed by atoms with Crippen LogP contribution in [0.4, 0.5) is 13.2 Å². The Morgan fingerprint density at radius 2 is 2.15 bits per heavy atom. The third-order valence-corrected chi connectivity index (χ3v) is 2.98. The SMILES string of the molecule is O=C1NCCOc2ccc(C(O)CCC(F)(F)F)cc21. The number of aliphatic hydroxyl groups is 1. The van der Waals surface area contributed by atoms with Crippen LogP contribution < -0.4 is 10.1 Å². The number of alkyl halides is 3. The smallest absolute Gasteiger partial charge is 0.389 e. The zero-order chi connectivity index (χ0) is 14.8. The van der Waals surface area contributed by atoms with Gasteiger partial charge in [-0.15, -0.1) is 0 Å². The van der Waals surface area contributed by atoms with E-state index < -0.39 is 25.1 Å². The normalized spacial score (nSPS) is 16.7. The maximum atomic E-state index is 12.1. The third-order valence-electron chi connectivity index (χ3n) is 2.98. The first-order valence-corrected chi connectivity index (χ1v) is 6.16. The van der Waals surface area contributed by atoms with E-state index in [-0.39, 0.29) is 17.0 Å². The molecule has 0 bridgehead atoms. The van der Waals surface area contributed by atoms with Crippen LogP contribution in [0.1, 0.15) is 34.9 Å². The number of fused-ring (bicyclic) bond motifs is 1. The number of nitrogens with one attached hydrogen (secondary N) is 1. The predicted octanol–water partition coefficient (Wildman–Crippen LogP) is 2.18. The first-order chi connectivity index (χ1) is 9.37. The molecule has 1 aromatic carbocycles. The highest BCUT2D eigenvalue weighted by Gasteiger charge is 2.28. The van der Waals surface area contributed by atoms with E-state index in [1.807, 2.05) is 0 Å². The summed E-state index contributed by atoms with van der Waals surface area (Å²) in [7, 11) is 0. The second-order valence-electron chi connectivity index (χ2n) is 4.53. The number of hydrogen-bond donors (Lipinski definition) is 2. The fourth-order valence-electron chi connectivity index (χ4n) is 1.95. The molecule has 1 aromatic rings. The monoisotopic (exact) mass is 289 g/mol. The maximum absolute atomic E-state index is 12.1. The number of benzene rings is 1. The predicted molar refractivity (Wildman–Crippen MR) is 64.5 cm³/mol. The number of halogens is 3. The second kappa shape index (κ2) is 5.70. The molecule has 0 saturated heterocycles. The van der Waals surface area contributed by atoms with Crippen molar-refractivity contribution in [1.29, 1.82) is 0 Å². The average molecular weight is 289 g/mol. The van der Waals surface area contributed by atoms with E-state index in [2.05, 4.69) is 5.32 Å². The van der Waals surface area contributed by atoms with Crippen LogP contribution in [-0.2, 0) is 0 Å². The van der Waals surface area contributed by atoms with Gasteiger partial charge in [-0.1, -0.05) is 6.07 Å². The average Bonchev–Trinajstić information content (AvgIpc) is 2.57. The maximum Gasteiger partial charge on any atom is 0.389 e. The molecule has 0 saturated carbocycles. The Kier molecular flexibility index (Phi) is 4.17. The van der Waals surface area contributed by atoms with E-state index >= 15 is 0 Å². The first-order valence-electron chi connectivity index (χ1n) is 6.16. The van der Waals surface area contributed by atoms with Gasteiger partial charge >= 0.3 is 6.18 Å². The molecule has 7 heteroatoms. The number of carbonyl (C=O) groups excluding carboxylic acids is 1. The Morgan fingerprint density at radius 1 is 1.40 bits per heavy atom. The van der Waals surface area contributed by atoms with Gasteiger partial charge in [-0.3, -0.25) is 4.79 Å². The zero-order valence-corrected chi connectivity index (χ0v) is 10.5. The van der Waals surface area contributed by atoms with Crippen molar-refractivity contribution in [2.75, 3.05) is 13.2 Å². The zero-order valence-electron chi connectivity index (χ0n) is 10.5. The van der Waals surface area contributed by atoms with Crippen LogP contribution in [0.25, 0.3) is 0 Å². The van der Waals surface area contributed by atoms with Crippen molar-refractivity contribution in [3.8, 4) is 5.75 Å². The lowest BCUT2D eigenvalue weighted by atomic mass is 10.0. The minimum absolute atomic E-state index is 0.228. The van der Waals surface area contributed by atoms with Crippen molar-refractivity contribution in [3.05, 3.63) is 29.3 Å². The molecule has 20 heavy (non-hydrogen) atoms. The van der Waals surface area contributed by atoms with Crippen molar-refractivity contribution in [2.45, 2.75) is 25.1 Å². The lowest BCUT2D eigenvalue weighted by molar-refractivity contribution is -0.140. The summed E-state index contributed by atoms with van der Waals surface area (Å²) in [5.74, 6) is 0.00847. The summed E-state index contributed by atoms with van der Waals surface area (Å²) < 4.78 is 41.7. The minimum Gasteiger partial charge on any atom is -0.491 e. The molecule has 2 rings (SSSR count). The van der Waals surface area contributed by atoms with Gasteiger partial charge in [0.25, 0.3) is 5.91 Å². The van der Waals surface area contributed by atoms with Crippen LogP contribution >= 0.6 is 0 Å². The molecule has 1 aliphatic rings. The Morgan fingerprint density at radius 3 is 2.85 bits per heavy atom. The topological polar surface area (TPSA) is 58.6 Å². The van der Waals surface area contributed by atoms with E-state index in [4.69, 9.17) is 4.74 Å². The molecule has 1 amide bonds. The molecule has 1 heterocycles. The number of amides is 1. The van der Waals surface area contributed by atoms with Gasteiger partial charge in [-0.05, 0) is 24.1 Å². The standard InChI is InChI=1S/C13H14F3NO3/c14-13(15,16)4-3-10(18)8-1-2-11-9(7-8)12(19)17-5-6-20-11/h1-2,7,10,18H,3-6H2,(H,17,19). The summed E-state index contributed by atoms with van der Waals surface area (Å²) in [6.45, 7) is 0.689. The van der Waals surface area contributed by atoms with Crippen LogP contribution in [0, 0.1) is 0 Å². The summed E-state index contributed by atoms with van der Waals surface area (Å²) in [5, 5.41) is 12.4. The quantitative estimate of drug-likeness (QED) is 0.896. The van der Waals surface area contributed by atoms with Crippen LogP contribution in [-0.4, -0.2) is 30.3 Å². The fraction of sp³-hybridized carbons (Fsp3) is 0.462. The molecule has 0 fully saturated rings. The van der Waals surface area contributed by atoms with E-state index in [9.17, 15) is 23.1 Å². The molecule has 110 valence electrons. The van der Waals surface area contributed by atoms with Crippen molar-refractivity contribution in [3.63, 3.8) is 0 Å². The number of aliphatic hydroxyl groups excluding tert-OH is 1. The molecule has 0 spiro atoms. The Balaban J connectivity index is 2.15. The van der Waals surface area contributed by atoms with Crippen molar-refractivity contribution >= 4 is 5.91 Å². The number of ether oxygens (including phenoxy) is 1. The number of carbonyl (C=O) groups is 1.